The van der Waals surface area contributed by atoms with Crippen LogP contribution in [-0.2, 0) is 0 Å². The summed E-state index contributed by atoms with van der Waals surface area (Å²) in [7, 11) is 0. The van der Waals surface area contributed by atoms with Crippen molar-refractivity contribution in [3.8, 4) is 17.2 Å². The number of carbonyl (C=O) groups excluding carboxylic acids is 1. The number of benzene rings is 2. The molecule has 1 fully saturated rings. The van der Waals surface area contributed by atoms with Crippen LogP contribution < -0.4 is 26.0 Å². The molecule has 2 aromatic heterocycles. The number of nitrogens with zero attached hydrogens (tertiary/aromatic N) is 2. The zero-order chi connectivity index (χ0) is 23.7. The highest BCUT2D eigenvalue weighted by Crippen LogP contribution is 2.35. The summed E-state index contributed by atoms with van der Waals surface area (Å²) in [6, 6.07) is 15.7. The quantitative estimate of drug-likeness (QED) is 0.435. The number of carbonyl (C=O) groups is 1. The first-order chi connectivity index (χ1) is 16.5. The largest absolute Gasteiger partial charge is 0.494 e. The summed E-state index contributed by atoms with van der Waals surface area (Å²) in [5.41, 5.74) is -0.122. The number of H-pyrrole nitrogens is 1. The van der Waals surface area contributed by atoms with E-state index in [9.17, 15) is 14.4 Å². The molecule has 9 nitrogen and oxygen atoms in total. The highest BCUT2D eigenvalue weighted by molar-refractivity contribution is 6.06. The number of rotatable bonds is 7. The van der Waals surface area contributed by atoms with Crippen molar-refractivity contribution in [3.63, 3.8) is 0 Å². The van der Waals surface area contributed by atoms with Crippen molar-refractivity contribution in [2.75, 3.05) is 11.9 Å². The Morgan fingerprint density at radius 1 is 1.12 bits per heavy atom. The monoisotopic (exact) mass is 458 g/mol. The van der Waals surface area contributed by atoms with E-state index in [0.29, 0.717) is 23.8 Å². The van der Waals surface area contributed by atoms with Crippen LogP contribution in [0.2, 0.25) is 0 Å². The molecule has 4 aromatic rings. The van der Waals surface area contributed by atoms with Crippen LogP contribution in [0.25, 0.3) is 11.0 Å². The van der Waals surface area contributed by atoms with Gasteiger partial charge in [-0.1, -0.05) is 12.1 Å². The van der Waals surface area contributed by atoms with Crippen LogP contribution in [0.4, 0.5) is 5.69 Å². The second kappa shape index (κ2) is 8.86. The molecule has 2 aromatic carbocycles. The van der Waals surface area contributed by atoms with Crippen molar-refractivity contribution in [1.29, 1.82) is 0 Å². The lowest BCUT2D eigenvalue weighted by Crippen LogP contribution is -2.30. The van der Waals surface area contributed by atoms with Gasteiger partial charge in [0.2, 0.25) is 0 Å². The van der Waals surface area contributed by atoms with Crippen LogP contribution >= 0.6 is 0 Å². The Bertz CT molecular complexity index is 1490. The van der Waals surface area contributed by atoms with Gasteiger partial charge in [-0.2, -0.15) is 0 Å². The topological polar surface area (TPSA) is 115 Å². The number of fused-ring (bicyclic) bond motifs is 1. The summed E-state index contributed by atoms with van der Waals surface area (Å²) in [4.78, 5) is 44.2. The lowest BCUT2D eigenvalue weighted by molar-refractivity contribution is 0.102. The molecule has 34 heavy (non-hydrogen) atoms. The van der Waals surface area contributed by atoms with Crippen LogP contribution in [0.1, 0.15) is 36.2 Å². The van der Waals surface area contributed by atoms with E-state index in [1.54, 1.807) is 48.5 Å². The molecule has 1 amide bonds. The first kappa shape index (κ1) is 21.4. The van der Waals surface area contributed by atoms with Gasteiger partial charge >= 0.3 is 5.69 Å². The first-order valence-electron chi connectivity index (χ1n) is 11.0. The minimum absolute atomic E-state index is 0.0330. The maximum atomic E-state index is 13.0. The number of hydrogen-bond donors (Lipinski definition) is 2. The van der Waals surface area contributed by atoms with Gasteiger partial charge in [-0.05, 0) is 62.2 Å². The molecular formula is C25H22N4O5. The average molecular weight is 458 g/mol. The Morgan fingerprint density at radius 3 is 2.59 bits per heavy atom. The van der Waals surface area contributed by atoms with E-state index in [-0.39, 0.29) is 22.6 Å². The van der Waals surface area contributed by atoms with E-state index >= 15 is 0 Å². The molecule has 2 heterocycles. The number of aromatic amines is 1. The zero-order valence-electron chi connectivity index (χ0n) is 18.4. The average Bonchev–Trinajstić information content (AvgIpc) is 3.67. The van der Waals surface area contributed by atoms with E-state index < -0.39 is 17.2 Å². The third kappa shape index (κ3) is 4.27. The number of para-hydroxylation sites is 2. The first-order valence-corrected chi connectivity index (χ1v) is 11.0. The molecule has 0 atom stereocenters. The zero-order valence-corrected chi connectivity index (χ0v) is 18.4. The number of ether oxygens (including phenoxy) is 2. The molecule has 0 spiro atoms. The summed E-state index contributed by atoms with van der Waals surface area (Å²) < 4.78 is 12.9. The van der Waals surface area contributed by atoms with Gasteiger partial charge in [0, 0.05) is 12.2 Å². The molecule has 0 bridgehead atoms. The minimum Gasteiger partial charge on any atom is -0.494 e. The molecular weight excluding hydrogens is 436 g/mol. The van der Waals surface area contributed by atoms with Crippen LogP contribution in [-0.4, -0.2) is 27.0 Å². The van der Waals surface area contributed by atoms with Crippen LogP contribution in [0.5, 0.6) is 17.2 Å². The van der Waals surface area contributed by atoms with Crippen LogP contribution in [0.15, 0.2) is 70.4 Å². The summed E-state index contributed by atoms with van der Waals surface area (Å²) in [6.45, 7) is 2.49. The molecule has 5 rings (SSSR count). The van der Waals surface area contributed by atoms with Gasteiger partial charge in [0.05, 0.1) is 23.2 Å². The summed E-state index contributed by atoms with van der Waals surface area (Å²) in [5.74, 6) is 1.32. The van der Waals surface area contributed by atoms with E-state index in [4.69, 9.17) is 9.47 Å². The van der Waals surface area contributed by atoms with Gasteiger partial charge in [-0.15, -0.1) is 0 Å². The highest BCUT2D eigenvalue weighted by atomic mass is 16.5. The Hall–Kier alpha value is -4.40. The molecule has 0 unspecified atom stereocenters. The fraction of sp³-hybridized carbons (Fsp3) is 0.200. The van der Waals surface area contributed by atoms with Crippen LogP contribution in [0.3, 0.4) is 0 Å². The molecule has 172 valence electrons. The van der Waals surface area contributed by atoms with Crippen molar-refractivity contribution in [2.24, 2.45) is 0 Å². The predicted molar refractivity (Wildman–Crippen MR) is 127 cm³/mol. The second-order valence-corrected chi connectivity index (χ2v) is 7.91. The van der Waals surface area contributed by atoms with E-state index in [1.165, 1.54) is 16.8 Å². The smallest absolute Gasteiger partial charge is 0.330 e. The number of pyridine rings is 1. The number of aromatic nitrogens is 3. The third-order valence-corrected chi connectivity index (χ3v) is 5.45. The second-order valence-electron chi connectivity index (χ2n) is 7.91. The van der Waals surface area contributed by atoms with Gasteiger partial charge < -0.3 is 14.8 Å². The molecule has 0 saturated heterocycles. The maximum absolute atomic E-state index is 13.0. The van der Waals surface area contributed by atoms with Gasteiger partial charge in [0.15, 0.2) is 5.75 Å². The molecule has 1 aliphatic rings. The molecule has 9 heteroatoms. The van der Waals surface area contributed by atoms with E-state index in [1.807, 2.05) is 6.92 Å². The van der Waals surface area contributed by atoms with Crippen molar-refractivity contribution in [1.82, 2.24) is 14.5 Å². The van der Waals surface area contributed by atoms with Crippen molar-refractivity contribution in [3.05, 3.63) is 87.2 Å². The Kier molecular flexibility index (Phi) is 5.59. The SMILES string of the molecule is CCOc1ccc(Oc2ccccc2NC(=O)c2cnc3c(c2)c(=O)[nH]c(=O)n3C2CC2)cc1. The Morgan fingerprint density at radius 2 is 1.85 bits per heavy atom. The van der Waals surface area contributed by atoms with E-state index in [0.717, 1.165) is 18.6 Å². The summed E-state index contributed by atoms with van der Waals surface area (Å²) >= 11 is 0. The maximum Gasteiger partial charge on any atom is 0.330 e. The normalized spacial score (nSPS) is 13.0. The lowest BCUT2D eigenvalue weighted by atomic mass is 10.2. The minimum atomic E-state index is -0.571. The fourth-order valence-electron chi connectivity index (χ4n) is 3.68. The molecule has 1 saturated carbocycles. The number of amides is 1. The number of anilines is 1. The molecule has 0 aliphatic heterocycles. The molecule has 2 N–H and O–H groups in total. The molecule has 0 radical (unpaired) electrons. The third-order valence-electron chi connectivity index (χ3n) is 5.45. The van der Waals surface area contributed by atoms with Gasteiger partial charge in [-0.3, -0.25) is 19.1 Å². The lowest BCUT2D eigenvalue weighted by Gasteiger charge is -2.13. The van der Waals surface area contributed by atoms with Crippen molar-refractivity contribution >= 4 is 22.6 Å². The summed E-state index contributed by atoms with van der Waals surface area (Å²) in [6.07, 6.45) is 3.08. The van der Waals surface area contributed by atoms with Crippen molar-refractivity contribution in [2.45, 2.75) is 25.8 Å². The Balaban J connectivity index is 1.40. The number of hydrogen-bond acceptors (Lipinski definition) is 6. The van der Waals surface area contributed by atoms with Gasteiger partial charge in [0.1, 0.15) is 17.1 Å². The van der Waals surface area contributed by atoms with Crippen molar-refractivity contribution < 1.29 is 14.3 Å². The Labute approximate surface area is 194 Å². The predicted octanol–water partition coefficient (Wildman–Crippen LogP) is 3.86. The van der Waals surface area contributed by atoms with Gasteiger partial charge in [0.25, 0.3) is 11.5 Å². The molecule has 1 aliphatic carbocycles. The number of nitrogens with one attached hydrogen (secondary N) is 2. The van der Waals surface area contributed by atoms with Crippen LogP contribution in [0, 0.1) is 0 Å². The standard InChI is InChI=1S/C25H22N4O5/c1-2-33-17-9-11-18(12-10-17)34-21-6-4-3-5-20(21)27-23(30)15-13-19-22(26-14-15)29(16-7-8-16)25(32)28-24(19)31/h3-6,9-14,16H,2,7-8H2,1H3,(H,27,30)(H,28,31,32). The fourth-order valence-corrected chi connectivity index (χ4v) is 3.68. The highest BCUT2D eigenvalue weighted by Gasteiger charge is 2.28. The summed E-state index contributed by atoms with van der Waals surface area (Å²) in [5, 5.41) is 3.01. The van der Waals surface area contributed by atoms with Gasteiger partial charge in [-0.25, -0.2) is 9.78 Å². The van der Waals surface area contributed by atoms with E-state index in [2.05, 4.69) is 15.3 Å².